The number of unbranched alkanes of at least 4 members (excludes halogenated alkanes) is 2. The molecule has 0 radical (unpaired) electrons. The summed E-state index contributed by atoms with van der Waals surface area (Å²) < 4.78 is 5.65. The van der Waals surface area contributed by atoms with Crippen molar-refractivity contribution in [2.45, 2.75) is 115 Å². The minimum Gasteiger partial charge on any atom is -0.461 e. The summed E-state index contributed by atoms with van der Waals surface area (Å²) in [5.41, 5.74) is 1.75. The highest BCUT2D eigenvalue weighted by Gasteiger charge is 2.43. The van der Waals surface area contributed by atoms with Gasteiger partial charge in [-0.2, -0.15) is 0 Å². The molecule has 3 N–H and O–H groups in total. The molecular weight excluding hydrogens is 656 g/mol. The number of allylic oxidation sites excluding steroid dienone is 1. The Kier molecular flexibility index (Phi) is 13.7. The molecule has 6 atom stereocenters. The molecular formula is C37H52N6O8. The molecule has 51 heavy (non-hydrogen) atoms. The number of fused-ring (bicyclic) bond motifs is 2. The molecule has 14 heteroatoms. The zero-order valence-electron chi connectivity index (χ0n) is 30.3. The first-order valence-electron chi connectivity index (χ1n) is 18.0. The van der Waals surface area contributed by atoms with Gasteiger partial charge in [0.15, 0.2) is 0 Å². The number of nitrogens with one attached hydrogen (secondary N) is 3. The van der Waals surface area contributed by atoms with Crippen molar-refractivity contribution in [3.05, 3.63) is 47.5 Å². The van der Waals surface area contributed by atoms with Crippen LogP contribution in [0.1, 0.15) is 76.8 Å². The van der Waals surface area contributed by atoms with Crippen LogP contribution in [-0.4, -0.2) is 119 Å². The van der Waals surface area contributed by atoms with Gasteiger partial charge in [0.2, 0.25) is 35.4 Å². The van der Waals surface area contributed by atoms with Crippen LogP contribution < -0.4 is 16.0 Å². The highest BCUT2D eigenvalue weighted by molar-refractivity contribution is 5.98. The molecule has 14 nitrogen and oxygen atoms in total. The number of carbonyl (C=O) groups excluding carboxylic acids is 7. The van der Waals surface area contributed by atoms with E-state index in [0.717, 1.165) is 24.0 Å². The number of cyclic esters (lactones) is 1. The molecule has 6 amide bonds. The quantitative estimate of drug-likeness (QED) is 0.195. The van der Waals surface area contributed by atoms with E-state index in [0.29, 0.717) is 32.1 Å². The number of hydrogen-bond acceptors (Lipinski definition) is 8. The number of esters is 1. The second-order valence-corrected chi connectivity index (χ2v) is 13.7. The van der Waals surface area contributed by atoms with Crippen LogP contribution in [0.2, 0.25) is 0 Å². The maximum atomic E-state index is 14.2. The van der Waals surface area contributed by atoms with Crippen molar-refractivity contribution in [3.63, 3.8) is 0 Å². The number of carbonyl (C=O) groups is 7. The van der Waals surface area contributed by atoms with Gasteiger partial charge in [0.05, 0.1) is 0 Å². The van der Waals surface area contributed by atoms with Crippen LogP contribution in [0.3, 0.4) is 0 Å². The normalized spacial score (nSPS) is 25.7. The molecule has 3 saturated heterocycles. The zero-order chi connectivity index (χ0) is 37.2. The lowest BCUT2D eigenvalue weighted by Gasteiger charge is -2.34. The summed E-state index contributed by atoms with van der Waals surface area (Å²) in [4.78, 5) is 98.9. The lowest BCUT2D eigenvalue weighted by Crippen LogP contribution is -2.60. The smallest absolute Gasteiger partial charge is 0.328 e. The van der Waals surface area contributed by atoms with Crippen LogP contribution in [0, 0.1) is 6.92 Å². The van der Waals surface area contributed by atoms with Gasteiger partial charge < -0.3 is 35.4 Å². The summed E-state index contributed by atoms with van der Waals surface area (Å²) in [5.74, 6) is -4.04. The average molecular weight is 709 g/mol. The van der Waals surface area contributed by atoms with E-state index in [1.807, 2.05) is 38.1 Å². The number of aryl methyl sites for hydroxylation is 1. The molecule has 0 unspecified atom stereocenters. The Balaban J connectivity index is 1.65. The van der Waals surface area contributed by atoms with Crippen molar-refractivity contribution in [3.8, 4) is 0 Å². The van der Waals surface area contributed by atoms with Crippen molar-refractivity contribution in [1.82, 2.24) is 30.7 Å². The first kappa shape index (κ1) is 39.0. The molecule has 0 aliphatic carbocycles. The van der Waals surface area contributed by atoms with Crippen LogP contribution >= 0.6 is 0 Å². The van der Waals surface area contributed by atoms with Gasteiger partial charge in [-0.3, -0.25) is 28.8 Å². The molecule has 0 spiro atoms. The second kappa shape index (κ2) is 18.0. The van der Waals surface area contributed by atoms with Crippen molar-refractivity contribution < 1.29 is 38.3 Å². The maximum Gasteiger partial charge on any atom is 0.328 e. The van der Waals surface area contributed by atoms with E-state index in [1.165, 1.54) is 41.7 Å². The number of benzene rings is 1. The first-order valence-corrected chi connectivity index (χ1v) is 18.0. The topological polar surface area (TPSA) is 175 Å². The van der Waals surface area contributed by atoms with E-state index in [2.05, 4.69) is 16.0 Å². The van der Waals surface area contributed by atoms with Gasteiger partial charge in [-0.1, -0.05) is 55.7 Å². The van der Waals surface area contributed by atoms with Crippen LogP contribution in [0.25, 0.3) is 0 Å². The average Bonchev–Trinajstić information content (AvgIpc) is 3.80. The van der Waals surface area contributed by atoms with Crippen molar-refractivity contribution in [1.29, 1.82) is 0 Å². The number of ether oxygens (including phenoxy) is 1. The third kappa shape index (κ3) is 9.95. The minimum absolute atomic E-state index is 0.121. The Morgan fingerprint density at radius 2 is 1.69 bits per heavy atom. The van der Waals surface area contributed by atoms with Gasteiger partial charge in [-0.15, -0.1) is 0 Å². The summed E-state index contributed by atoms with van der Waals surface area (Å²) in [6.45, 7) is 6.94. The van der Waals surface area contributed by atoms with Gasteiger partial charge in [-0.25, -0.2) is 4.79 Å². The van der Waals surface area contributed by atoms with E-state index < -0.39 is 84.3 Å². The van der Waals surface area contributed by atoms with E-state index in [1.54, 1.807) is 6.08 Å². The lowest BCUT2D eigenvalue weighted by molar-refractivity contribution is -0.158. The van der Waals surface area contributed by atoms with Crippen LogP contribution in [0.15, 0.2) is 36.4 Å². The molecule has 1 aromatic carbocycles. The number of rotatable bonds is 9. The number of amides is 6. The molecule has 0 aromatic heterocycles. The highest BCUT2D eigenvalue weighted by atomic mass is 16.5. The Morgan fingerprint density at radius 3 is 2.37 bits per heavy atom. The molecule has 0 saturated carbocycles. The molecule has 3 heterocycles. The SMILES string of the molecule is CCCC/C=C/C(=O)N[C@@H](Cc1cccc(C)c1)C(=O)N[C@H]1COC(=O)[C@@H]2CCCN2C(=O)[C@H](C)NC(=O)[C@H](C)N(C)C(=O)[C@@H]2CCCN2C1=O. The fraction of sp³-hybridized carbons (Fsp3) is 0.595. The predicted molar refractivity (Wildman–Crippen MR) is 188 cm³/mol. The van der Waals surface area contributed by atoms with E-state index >= 15 is 0 Å². The summed E-state index contributed by atoms with van der Waals surface area (Å²) in [6.07, 6.45) is 7.51. The van der Waals surface area contributed by atoms with Gasteiger partial charge in [-0.05, 0) is 64.5 Å². The largest absolute Gasteiger partial charge is 0.461 e. The van der Waals surface area contributed by atoms with Crippen LogP contribution in [-0.2, 0) is 44.7 Å². The van der Waals surface area contributed by atoms with Crippen molar-refractivity contribution in [2.24, 2.45) is 0 Å². The van der Waals surface area contributed by atoms with Gasteiger partial charge in [0.1, 0.15) is 42.9 Å². The predicted octanol–water partition coefficient (Wildman–Crippen LogP) is 1.14. The Labute approximate surface area is 299 Å². The lowest BCUT2D eigenvalue weighted by atomic mass is 10.0. The standard InChI is InChI=1S/C37H52N6O8/c1-6-7-8-9-17-31(44)39-27(21-26-14-10-13-23(2)20-26)33(46)40-28-22-51-37(50)30-16-12-19-43(30)34(47)24(3)38-32(45)25(4)41(5)36(49)29-15-11-18-42(29)35(28)48/h9-10,13-14,17,20,24-25,27-30H,6-8,11-12,15-16,18-19,21-22H2,1-5H3,(H,38,45)(H,39,44)(H,40,46)/b17-9+/t24-,25-,27-,28-,29-,30-/m0/s1. The molecule has 4 rings (SSSR count). The summed E-state index contributed by atoms with van der Waals surface area (Å²) in [7, 11) is 1.47. The van der Waals surface area contributed by atoms with Crippen molar-refractivity contribution in [2.75, 3.05) is 26.7 Å². The molecule has 1 aromatic rings. The molecule has 3 aliphatic rings. The van der Waals surface area contributed by atoms with Crippen LogP contribution in [0.4, 0.5) is 0 Å². The van der Waals surface area contributed by atoms with Gasteiger partial charge in [0.25, 0.3) is 0 Å². The second-order valence-electron chi connectivity index (χ2n) is 13.7. The van der Waals surface area contributed by atoms with Gasteiger partial charge in [0, 0.05) is 26.6 Å². The van der Waals surface area contributed by atoms with E-state index in [9.17, 15) is 33.6 Å². The number of hydrogen-bond donors (Lipinski definition) is 3. The summed E-state index contributed by atoms with van der Waals surface area (Å²) >= 11 is 0. The first-order chi connectivity index (χ1) is 24.3. The summed E-state index contributed by atoms with van der Waals surface area (Å²) in [6, 6.07) is 1.20. The summed E-state index contributed by atoms with van der Waals surface area (Å²) in [5, 5.41) is 8.15. The Bertz CT molecular complexity index is 1510. The third-order valence-electron chi connectivity index (χ3n) is 9.82. The van der Waals surface area contributed by atoms with E-state index in [-0.39, 0.29) is 19.5 Å². The van der Waals surface area contributed by atoms with E-state index in [4.69, 9.17) is 4.74 Å². The fourth-order valence-electron chi connectivity index (χ4n) is 6.73. The van der Waals surface area contributed by atoms with Crippen molar-refractivity contribution >= 4 is 41.4 Å². The monoisotopic (exact) mass is 708 g/mol. The Hall–Kier alpha value is -4.75. The highest BCUT2D eigenvalue weighted by Crippen LogP contribution is 2.23. The maximum absolute atomic E-state index is 14.2. The molecule has 3 aliphatic heterocycles. The van der Waals surface area contributed by atoms with Crippen LogP contribution in [0.5, 0.6) is 0 Å². The molecule has 0 bridgehead atoms. The number of likely N-dealkylation sites (N-methyl/N-ethyl adjacent to an activating group) is 1. The Morgan fingerprint density at radius 1 is 1.00 bits per heavy atom. The number of nitrogens with zero attached hydrogens (tertiary/aromatic N) is 3. The van der Waals surface area contributed by atoms with Gasteiger partial charge >= 0.3 is 5.97 Å². The third-order valence-corrected chi connectivity index (χ3v) is 9.82. The minimum atomic E-state index is -1.41. The molecule has 278 valence electrons. The fourth-order valence-corrected chi connectivity index (χ4v) is 6.73. The zero-order valence-corrected chi connectivity index (χ0v) is 30.3. The molecule has 3 fully saturated rings.